The minimum Gasteiger partial charge on any atom is -0.460 e. The number of esters is 6. The van der Waals surface area contributed by atoms with Gasteiger partial charge in [-0.05, 0) is 111 Å². The molecule has 26 heteroatoms. The lowest BCUT2D eigenvalue weighted by atomic mass is 9.82. The Kier molecular flexibility index (Phi) is 32.9. The fourth-order valence-electron chi connectivity index (χ4n) is 8.26. The number of rotatable bonds is 26. The van der Waals surface area contributed by atoms with Gasteiger partial charge in [0.1, 0.15) is 39.6 Å². The Morgan fingerprint density at radius 2 is 0.634 bits per heavy atom. The molecule has 0 heterocycles. The van der Waals surface area contributed by atoms with E-state index in [0.29, 0.717) is 19.6 Å². The number of urea groups is 4. The molecule has 2 bridgehead atoms. The Morgan fingerprint density at radius 3 is 0.890 bits per heavy atom. The molecule has 2 N–H and O–H groups in total. The summed E-state index contributed by atoms with van der Waals surface area (Å²) in [6.45, 7) is 27.8. The average Bonchev–Trinajstić information content (AvgIpc) is 4.35. The monoisotopic (exact) mass is 1160 g/mol. The molecule has 3 rings (SSSR count). The van der Waals surface area contributed by atoms with Gasteiger partial charge >= 0.3 is 72.1 Å². The van der Waals surface area contributed by atoms with Crippen molar-refractivity contribution in [3.05, 3.63) is 72.9 Å². The first-order valence-electron chi connectivity index (χ1n) is 26.6. The van der Waals surface area contributed by atoms with Crippen molar-refractivity contribution < 1.29 is 95.4 Å². The minimum absolute atomic E-state index is 0.0787. The van der Waals surface area contributed by atoms with Gasteiger partial charge < -0.3 is 48.5 Å². The van der Waals surface area contributed by atoms with Crippen LogP contribution in [0.25, 0.3) is 0 Å². The molecule has 0 spiro atoms. The highest BCUT2D eigenvalue weighted by molar-refractivity contribution is 6.01. The summed E-state index contributed by atoms with van der Waals surface area (Å²) in [5, 5.41) is 4.72. The quantitative estimate of drug-likeness (QED) is 0.0394. The molecule has 10 amide bonds. The van der Waals surface area contributed by atoms with E-state index in [2.05, 4.69) is 50.1 Å². The highest BCUT2D eigenvalue weighted by atomic mass is 16.6. The van der Waals surface area contributed by atoms with Gasteiger partial charge in [-0.15, -0.1) is 0 Å². The van der Waals surface area contributed by atoms with E-state index in [1.807, 2.05) is 0 Å². The van der Waals surface area contributed by atoms with Crippen LogP contribution in [0.5, 0.6) is 0 Å². The molecule has 0 aromatic heterocycles. The first kappa shape index (κ1) is 71.7. The van der Waals surface area contributed by atoms with Crippen molar-refractivity contribution in [1.29, 1.82) is 0 Å². The molecule has 3 fully saturated rings. The molecule has 3 saturated carbocycles. The second-order valence-corrected chi connectivity index (χ2v) is 19.1. The molecule has 4 atom stereocenters. The van der Waals surface area contributed by atoms with Crippen molar-refractivity contribution in [2.45, 2.75) is 93.9 Å². The van der Waals surface area contributed by atoms with Gasteiger partial charge in [0.05, 0.1) is 52.5 Å². The molecule has 3 aliphatic rings. The van der Waals surface area contributed by atoms with Gasteiger partial charge in [0, 0.05) is 33.4 Å². The summed E-state index contributed by atoms with van der Waals surface area (Å²) in [5.74, 6) is 0.497. The standard InChI is InChI=1S/2C23H33N3O10.C10H16/c2*1-8-33-23(32)26(11-14-36-20(29)17(6)7)22(31)25(10-13-35-19(28)16(4)5)21(30)24-9-12-34-18(27)15(2)3;1-2-9-7-4-5-8(6-7)10(9)3-1/h2*2,4,6,8-14H2,1,3,5,7H3,(H,24,30);7-10H,1-6H2. The Labute approximate surface area is 479 Å². The van der Waals surface area contributed by atoms with Crippen LogP contribution in [0.1, 0.15) is 93.9 Å². The van der Waals surface area contributed by atoms with Crippen molar-refractivity contribution >= 4 is 72.1 Å². The summed E-state index contributed by atoms with van der Waals surface area (Å²) in [7, 11) is 0. The van der Waals surface area contributed by atoms with Crippen molar-refractivity contribution in [1.82, 2.24) is 30.2 Å². The van der Waals surface area contributed by atoms with Crippen LogP contribution in [-0.4, -0.2) is 184 Å². The molecule has 0 aromatic carbocycles. The molecule has 3 aliphatic carbocycles. The highest BCUT2D eigenvalue weighted by Gasteiger charge is 2.49. The van der Waals surface area contributed by atoms with Crippen LogP contribution in [0.15, 0.2) is 72.9 Å². The molecule has 0 saturated heterocycles. The lowest BCUT2D eigenvalue weighted by Crippen LogP contribution is -2.54. The molecule has 4 unspecified atom stereocenters. The Hall–Kier alpha value is -8.32. The second-order valence-electron chi connectivity index (χ2n) is 19.1. The maximum absolute atomic E-state index is 13.1. The maximum atomic E-state index is 13.1. The van der Waals surface area contributed by atoms with E-state index in [-0.39, 0.29) is 73.0 Å². The van der Waals surface area contributed by atoms with Crippen LogP contribution >= 0.6 is 0 Å². The summed E-state index contributed by atoms with van der Waals surface area (Å²) >= 11 is 0. The Bertz CT molecular complexity index is 2240. The number of hydrogen-bond acceptors (Lipinski definition) is 20. The van der Waals surface area contributed by atoms with E-state index in [1.54, 1.807) is 38.5 Å². The SMILES string of the molecule is C1CC2C3CCC(C3)C2C1.C=C(C)C(=O)OCCNC(=O)N(CCOC(=O)C(=C)C)C(=O)N(CCOC(=O)C(=C)C)C(=O)OCC.C=C(C)C(=O)OCCNC(=O)N(CCOC(=O)C(=C)C)C(=O)N(CCOC(=O)C(=C)C)C(=O)OCC. The number of nitrogens with zero attached hydrogens (tertiary/aromatic N) is 4. The Morgan fingerprint density at radius 1 is 0.378 bits per heavy atom. The number of ether oxygens (including phenoxy) is 8. The van der Waals surface area contributed by atoms with Crippen molar-refractivity contribution in [2.75, 3.05) is 92.1 Å². The van der Waals surface area contributed by atoms with Crippen LogP contribution in [-0.2, 0) is 66.7 Å². The molecule has 0 aromatic rings. The molecule has 82 heavy (non-hydrogen) atoms. The van der Waals surface area contributed by atoms with Gasteiger partial charge in [-0.3, -0.25) is 0 Å². The predicted molar refractivity (Wildman–Crippen MR) is 295 cm³/mol. The number of carbonyl (C=O) groups is 12. The summed E-state index contributed by atoms with van der Waals surface area (Å²) in [6.07, 6.45) is 7.34. The van der Waals surface area contributed by atoms with Crippen LogP contribution in [0.4, 0.5) is 28.8 Å². The van der Waals surface area contributed by atoms with E-state index in [4.69, 9.17) is 37.9 Å². The van der Waals surface area contributed by atoms with Crippen molar-refractivity contribution in [2.24, 2.45) is 23.7 Å². The summed E-state index contributed by atoms with van der Waals surface area (Å²) in [5.41, 5.74) is 0.742. The van der Waals surface area contributed by atoms with Gasteiger partial charge in [0.25, 0.3) is 0 Å². The zero-order chi connectivity index (χ0) is 62.2. The topological polar surface area (TPSA) is 316 Å². The van der Waals surface area contributed by atoms with E-state index < -0.39 is 125 Å². The van der Waals surface area contributed by atoms with Gasteiger partial charge in [0.2, 0.25) is 0 Å². The lowest BCUT2D eigenvalue weighted by Gasteiger charge is -2.27. The molecule has 0 aliphatic heterocycles. The largest absolute Gasteiger partial charge is 0.460 e. The highest BCUT2D eigenvalue weighted by Crippen LogP contribution is 2.58. The number of nitrogens with one attached hydrogen (secondary N) is 2. The van der Waals surface area contributed by atoms with Crippen LogP contribution in [0.3, 0.4) is 0 Å². The molecule has 26 nitrogen and oxygen atoms in total. The molecular weight excluding hydrogens is 1080 g/mol. The van der Waals surface area contributed by atoms with Crippen LogP contribution in [0.2, 0.25) is 0 Å². The first-order chi connectivity index (χ1) is 38.6. The third-order valence-electron chi connectivity index (χ3n) is 12.2. The van der Waals surface area contributed by atoms with Gasteiger partial charge in [-0.1, -0.05) is 45.9 Å². The van der Waals surface area contributed by atoms with Crippen molar-refractivity contribution in [3.8, 4) is 0 Å². The summed E-state index contributed by atoms with van der Waals surface area (Å²) < 4.78 is 39.2. The third-order valence-corrected chi connectivity index (χ3v) is 12.2. The molecular formula is C56H82N6O20. The minimum atomic E-state index is -1.14. The van der Waals surface area contributed by atoms with E-state index in [1.165, 1.54) is 79.1 Å². The van der Waals surface area contributed by atoms with Gasteiger partial charge in [0.15, 0.2) is 0 Å². The average molecular weight is 1160 g/mol. The van der Waals surface area contributed by atoms with E-state index in [9.17, 15) is 57.5 Å². The molecule has 456 valence electrons. The smallest absolute Gasteiger partial charge is 0.418 e. The fraction of sp³-hybridized carbons (Fsp3) is 0.571. The first-order valence-corrected chi connectivity index (χ1v) is 26.6. The zero-order valence-corrected chi connectivity index (χ0v) is 48.6. The predicted octanol–water partition coefficient (Wildman–Crippen LogP) is 6.70. The fourth-order valence-corrected chi connectivity index (χ4v) is 8.26. The maximum Gasteiger partial charge on any atom is 0.418 e. The van der Waals surface area contributed by atoms with E-state index in [0.717, 1.165) is 0 Å². The normalized spacial score (nSPS) is 15.6. The van der Waals surface area contributed by atoms with Gasteiger partial charge in [-0.25, -0.2) is 77.1 Å². The summed E-state index contributed by atoms with van der Waals surface area (Å²) in [6, 6.07) is -4.23. The second kappa shape index (κ2) is 37.6. The van der Waals surface area contributed by atoms with Crippen LogP contribution < -0.4 is 10.6 Å². The Balaban J connectivity index is 0.000000692. The third kappa shape index (κ3) is 25.4. The molecule has 0 radical (unpaired) electrons. The number of hydrogen-bond donors (Lipinski definition) is 2. The number of amides is 10. The summed E-state index contributed by atoms with van der Waals surface area (Å²) in [4.78, 5) is 148. The van der Waals surface area contributed by atoms with Crippen LogP contribution in [0, 0.1) is 23.7 Å². The van der Waals surface area contributed by atoms with Gasteiger partial charge in [-0.2, -0.15) is 0 Å². The zero-order valence-electron chi connectivity index (χ0n) is 48.6. The number of imide groups is 4. The van der Waals surface area contributed by atoms with E-state index >= 15 is 0 Å². The number of carbonyl (C=O) groups excluding carboxylic acids is 12. The van der Waals surface area contributed by atoms with Crippen molar-refractivity contribution in [3.63, 3.8) is 0 Å². The number of fused-ring (bicyclic) bond motifs is 5. The lowest BCUT2D eigenvalue weighted by molar-refractivity contribution is -0.140.